The van der Waals surface area contributed by atoms with Crippen molar-refractivity contribution in [3.8, 4) is 0 Å². The molecule has 0 saturated heterocycles. The maximum Gasteiger partial charge on any atom is 0.253 e. The third kappa shape index (κ3) is 1.97. The molecule has 2 aliphatic rings. The summed E-state index contributed by atoms with van der Waals surface area (Å²) in [5, 5.41) is 13.8. The highest BCUT2D eigenvalue weighted by molar-refractivity contribution is 6.06. The van der Waals surface area contributed by atoms with Gasteiger partial charge in [-0.1, -0.05) is 18.2 Å². The van der Waals surface area contributed by atoms with Crippen LogP contribution in [0.4, 0.5) is 0 Å². The molecule has 1 heterocycles. The first-order valence-electron chi connectivity index (χ1n) is 7.75. The number of amides is 1. The molecule has 4 atom stereocenters. The van der Waals surface area contributed by atoms with Crippen LogP contribution in [0.1, 0.15) is 29.6 Å². The molecule has 1 amide bonds. The Bertz CT molecular complexity index is 678. The van der Waals surface area contributed by atoms with Crippen LogP contribution in [0.25, 0.3) is 10.9 Å². The van der Waals surface area contributed by atoms with Crippen LogP contribution in [0, 0.1) is 17.8 Å². The van der Waals surface area contributed by atoms with Crippen LogP contribution in [0.3, 0.4) is 0 Å². The van der Waals surface area contributed by atoms with E-state index in [0.29, 0.717) is 17.4 Å². The first-order valence-corrected chi connectivity index (χ1v) is 7.75. The van der Waals surface area contributed by atoms with E-state index in [1.165, 1.54) is 12.8 Å². The third-order valence-corrected chi connectivity index (χ3v) is 5.43. The van der Waals surface area contributed by atoms with E-state index in [4.69, 9.17) is 0 Å². The number of H-pyrrole nitrogens is 1. The second-order valence-electron chi connectivity index (χ2n) is 6.43. The number of benzene rings is 1. The number of rotatable bonds is 3. The van der Waals surface area contributed by atoms with Crippen LogP contribution in [0.2, 0.25) is 0 Å². The summed E-state index contributed by atoms with van der Waals surface area (Å²) in [5.41, 5.74) is 1.68. The monoisotopic (exact) mass is 284 g/mol. The third-order valence-electron chi connectivity index (χ3n) is 5.43. The zero-order valence-electron chi connectivity index (χ0n) is 11.9. The molecule has 2 bridgehead atoms. The summed E-state index contributed by atoms with van der Waals surface area (Å²) in [7, 11) is 0. The highest BCUT2D eigenvalue weighted by atomic mass is 16.3. The Hall–Kier alpha value is -1.81. The number of carbonyl (C=O) groups excluding carboxylic acids is 1. The number of hydrogen-bond acceptors (Lipinski definition) is 2. The molecule has 0 spiro atoms. The fourth-order valence-electron chi connectivity index (χ4n) is 4.39. The molecule has 21 heavy (non-hydrogen) atoms. The Morgan fingerprint density at radius 1 is 1.29 bits per heavy atom. The summed E-state index contributed by atoms with van der Waals surface area (Å²) in [6.45, 7) is 0.181. The molecule has 1 aromatic heterocycles. The number of aromatic amines is 1. The van der Waals surface area contributed by atoms with Gasteiger partial charge in [-0.3, -0.25) is 4.79 Å². The van der Waals surface area contributed by atoms with Crippen molar-refractivity contribution in [2.24, 2.45) is 17.8 Å². The zero-order chi connectivity index (χ0) is 14.4. The lowest BCUT2D eigenvalue weighted by Gasteiger charge is -2.30. The van der Waals surface area contributed by atoms with Crippen molar-refractivity contribution in [2.75, 3.05) is 6.61 Å². The van der Waals surface area contributed by atoms with Gasteiger partial charge in [-0.25, -0.2) is 0 Å². The van der Waals surface area contributed by atoms with Gasteiger partial charge in [0.25, 0.3) is 5.91 Å². The summed E-state index contributed by atoms with van der Waals surface area (Å²) in [6.07, 6.45) is 5.32. The highest BCUT2D eigenvalue weighted by Crippen LogP contribution is 2.48. The SMILES string of the molecule is O=C(NC1C2CCC(C2)C1CO)c1c[nH]c2ccccc12. The molecule has 0 aliphatic heterocycles. The lowest BCUT2D eigenvalue weighted by molar-refractivity contribution is 0.0863. The number of carbonyl (C=O) groups is 1. The van der Waals surface area contributed by atoms with Crippen molar-refractivity contribution < 1.29 is 9.90 Å². The van der Waals surface area contributed by atoms with E-state index in [9.17, 15) is 9.90 Å². The molecule has 2 fully saturated rings. The van der Waals surface area contributed by atoms with Crippen LogP contribution in [-0.2, 0) is 0 Å². The van der Waals surface area contributed by atoms with Gasteiger partial charge in [0.15, 0.2) is 0 Å². The fourth-order valence-corrected chi connectivity index (χ4v) is 4.39. The molecule has 0 radical (unpaired) electrons. The predicted octanol–water partition coefficient (Wildman–Crippen LogP) is 2.30. The second kappa shape index (κ2) is 4.88. The normalized spacial score (nSPS) is 30.9. The van der Waals surface area contributed by atoms with Gasteiger partial charge in [0.1, 0.15) is 0 Å². The number of aliphatic hydroxyl groups is 1. The van der Waals surface area contributed by atoms with Crippen LogP contribution in [0.5, 0.6) is 0 Å². The quantitative estimate of drug-likeness (QED) is 0.809. The summed E-state index contributed by atoms with van der Waals surface area (Å²) in [4.78, 5) is 15.7. The predicted molar refractivity (Wildman–Crippen MR) is 81.0 cm³/mol. The van der Waals surface area contributed by atoms with Crippen molar-refractivity contribution in [1.82, 2.24) is 10.3 Å². The number of aromatic nitrogens is 1. The summed E-state index contributed by atoms with van der Waals surface area (Å²) >= 11 is 0. The van der Waals surface area contributed by atoms with Gasteiger partial charge in [0.2, 0.25) is 0 Å². The van der Waals surface area contributed by atoms with Crippen LogP contribution in [-0.4, -0.2) is 28.6 Å². The van der Waals surface area contributed by atoms with E-state index in [1.54, 1.807) is 6.20 Å². The summed E-state index contributed by atoms with van der Waals surface area (Å²) in [5.74, 6) is 1.34. The molecule has 4 unspecified atom stereocenters. The minimum absolute atomic E-state index is 0.0246. The van der Waals surface area contributed by atoms with E-state index in [-0.39, 0.29) is 24.5 Å². The average Bonchev–Trinajstić information content (AvgIpc) is 3.20. The Morgan fingerprint density at radius 3 is 2.95 bits per heavy atom. The minimum Gasteiger partial charge on any atom is -0.396 e. The second-order valence-corrected chi connectivity index (χ2v) is 6.43. The summed E-state index contributed by atoms with van der Waals surface area (Å²) < 4.78 is 0. The summed E-state index contributed by atoms with van der Waals surface area (Å²) in [6, 6.07) is 7.97. The average molecular weight is 284 g/mol. The van der Waals surface area contributed by atoms with Gasteiger partial charge in [0.05, 0.1) is 5.56 Å². The molecule has 3 N–H and O–H groups in total. The maximum absolute atomic E-state index is 12.6. The van der Waals surface area contributed by atoms with Crippen LogP contribution in [0.15, 0.2) is 30.5 Å². The van der Waals surface area contributed by atoms with Gasteiger partial charge >= 0.3 is 0 Å². The Kier molecular flexibility index (Phi) is 3.00. The zero-order valence-corrected chi connectivity index (χ0v) is 11.9. The Morgan fingerprint density at radius 2 is 2.10 bits per heavy atom. The smallest absolute Gasteiger partial charge is 0.253 e. The van der Waals surface area contributed by atoms with Crippen molar-refractivity contribution >= 4 is 16.8 Å². The fraction of sp³-hybridized carbons (Fsp3) is 0.471. The molecule has 1 aromatic carbocycles. The van der Waals surface area contributed by atoms with Gasteiger partial charge in [-0.15, -0.1) is 0 Å². The van der Waals surface area contributed by atoms with E-state index in [2.05, 4.69) is 10.3 Å². The largest absolute Gasteiger partial charge is 0.396 e. The van der Waals surface area contributed by atoms with E-state index >= 15 is 0 Å². The van der Waals surface area contributed by atoms with Crippen molar-refractivity contribution in [3.05, 3.63) is 36.0 Å². The topological polar surface area (TPSA) is 65.1 Å². The lowest BCUT2D eigenvalue weighted by Crippen LogP contribution is -2.45. The lowest BCUT2D eigenvalue weighted by atomic mass is 9.85. The van der Waals surface area contributed by atoms with E-state index in [0.717, 1.165) is 17.3 Å². The minimum atomic E-state index is -0.0246. The van der Waals surface area contributed by atoms with Crippen LogP contribution >= 0.6 is 0 Å². The maximum atomic E-state index is 12.6. The standard InChI is InChI=1S/C17H20N2O2/c20-9-14-10-5-6-11(7-10)16(14)19-17(21)13-8-18-15-4-2-1-3-12(13)15/h1-4,8,10-11,14,16,18,20H,5-7,9H2,(H,19,21). The highest BCUT2D eigenvalue weighted by Gasteiger charge is 2.47. The first kappa shape index (κ1) is 12.9. The number of fused-ring (bicyclic) bond motifs is 3. The van der Waals surface area contributed by atoms with E-state index < -0.39 is 0 Å². The first-order chi connectivity index (χ1) is 10.3. The number of hydrogen-bond donors (Lipinski definition) is 3. The molecule has 4 nitrogen and oxygen atoms in total. The van der Waals surface area contributed by atoms with E-state index in [1.807, 2.05) is 24.3 Å². The molecule has 2 aromatic rings. The molecular formula is C17H20N2O2. The van der Waals surface area contributed by atoms with Gasteiger partial charge < -0.3 is 15.4 Å². The molecule has 4 heteroatoms. The molecule has 110 valence electrons. The van der Waals surface area contributed by atoms with Gasteiger partial charge in [0, 0.05) is 35.7 Å². The van der Waals surface area contributed by atoms with Crippen molar-refractivity contribution in [1.29, 1.82) is 0 Å². The van der Waals surface area contributed by atoms with Crippen molar-refractivity contribution in [2.45, 2.75) is 25.3 Å². The Balaban J connectivity index is 1.58. The molecular weight excluding hydrogens is 264 g/mol. The van der Waals surface area contributed by atoms with Gasteiger partial charge in [-0.2, -0.15) is 0 Å². The number of nitrogens with one attached hydrogen (secondary N) is 2. The van der Waals surface area contributed by atoms with Gasteiger partial charge in [-0.05, 0) is 37.2 Å². The molecule has 2 aliphatic carbocycles. The van der Waals surface area contributed by atoms with Crippen LogP contribution < -0.4 is 5.32 Å². The Labute approximate surface area is 123 Å². The van der Waals surface area contributed by atoms with Crippen molar-refractivity contribution in [3.63, 3.8) is 0 Å². The number of para-hydroxylation sites is 1. The molecule has 4 rings (SSSR count). The number of aliphatic hydroxyl groups excluding tert-OH is 1. The molecule has 2 saturated carbocycles.